The average Bonchev–Trinajstić information content (AvgIpc) is 2.98. The number of halogens is 1. The van der Waals surface area contributed by atoms with Gasteiger partial charge in [0.25, 0.3) is 0 Å². The fourth-order valence-corrected chi connectivity index (χ4v) is 3.03. The molecule has 86 valence electrons. The van der Waals surface area contributed by atoms with Gasteiger partial charge in [0.15, 0.2) is 5.82 Å². The maximum Gasteiger partial charge on any atom is 0.171 e. The lowest BCUT2D eigenvalue weighted by Crippen LogP contribution is -1.95. The third-order valence-electron chi connectivity index (χ3n) is 2.63. The largest absolute Gasteiger partial charge is 0.345 e. The zero-order valence-corrected chi connectivity index (χ0v) is 11.6. The molecule has 0 aliphatic rings. The minimum absolute atomic E-state index is 0.804. The highest BCUT2D eigenvalue weighted by atomic mass is 79.9. The van der Waals surface area contributed by atoms with E-state index >= 15 is 0 Å². The van der Waals surface area contributed by atoms with Crippen LogP contribution in [0.2, 0.25) is 0 Å². The highest BCUT2D eigenvalue weighted by molar-refractivity contribution is 9.10. The molecule has 3 aromatic rings. The molecule has 0 unspecified atom stereocenters. The van der Waals surface area contributed by atoms with Crippen molar-refractivity contribution in [3.63, 3.8) is 0 Å². The van der Waals surface area contributed by atoms with Gasteiger partial charge in [-0.05, 0) is 33.8 Å². The quantitative estimate of drug-likeness (QED) is 0.777. The Kier molecular flexibility index (Phi) is 2.72. The van der Waals surface area contributed by atoms with Gasteiger partial charge in [-0.1, -0.05) is 13.0 Å². The zero-order chi connectivity index (χ0) is 11.8. The van der Waals surface area contributed by atoms with Crippen molar-refractivity contribution in [2.75, 3.05) is 0 Å². The van der Waals surface area contributed by atoms with Crippen LogP contribution in [0.4, 0.5) is 0 Å². The molecule has 3 nitrogen and oxygen atoms in total. The van der Waals surface area contributed by atoms with Crippen LogP contribution < -0.4 is 0 Å². The van der Waals surface area contributed by atoms with E-state index in [4.69, 9.17) is 0 Å². The molecule has 1 N–H and O–H groups in total. The molecule has 0 fully saturated rings. The number of hydrogen-bond acceptors (Lipinski definition) is 3. The first kappa shape index (κ1) is 10.9. The van der Waals surface area contributed by atoms with Crippen LogP contribution in [0.5, 0.6) is 0 Å². The topological polar surface area (TPSA) is 41.6 Å². The van der Waals surface area contributed by atoms with Crippen LogP contribution >= 0.6 is 27.3 Å². The summed E-state index contributed by atoms with van der Waals surface area (Å²) in [5.41, 5.74) is 1.97. The van der Waals surface area contributed by atoms with Crippen molar-refractivity contribution in [1.29, 1.82) is 0 Å². The minimum atomic E-state index is 0.804. The summed E-state index contributed by atoms with van der Waals surface area (Å²) in [5.74, 6) is 0.804. The molecule has 17 heavy (non-hydrogen) atoms. The van der Waals surface area contributed by atoms with Gasteiger partial charge in [-0.2, -0.15) is 0 Å². The fourth-order valence-electron chi connectivity index (χ4n) is 1.84. The fraction of sp³-hybridized carbons (Fsp3) is 0.167. The maximum absolute atomic E-state index is 4.64. The molecule has 0 aliphatic carbocycles. The number of hydrogen-bond donors (Lipinski definition) is 1. The Labute approximate surface area is 111 Å². The van der Waals surface area contributed by atoms with Crippen molar-refractivity contribution < 1.29 is 0 Å². The molecule has 0 aliphatic heterocycles. The van der Waals surface area contributed by atoms with E-state index in [1.165, 1.54) is 0 Å². The Morgan fingerprint density at radius 3 is 3.00 bits per heavy atom. The van der Waals surface area contributed by atoms with E-state index in [-0.39, 0.29) is 0 Å². The van der Waals surface area contributed by atoms with Crippen molar-refractivity contribution in [2.45, 2.75) is 13.3 Å². The second kappa shape index (κ2) is 4.23. The number of fused-ring (bicyclic) bond motifs is 1. The summed E-state index contributed by atoms with van der Waals surface area (Å²) < 4.78 is 1.03. The molecule has 0 spiro atoms. The number of nitrogens with one attached hydrogen (secondary N) is 1. The second-order valence-corrected chi connectivity index (χ2v) is 5.49. The molecule has 0 amide bonds. The lowest BCUT2D eigenvalue weighted by molar-refractivity contribution is 1.04. The first-order valence-corrected chi connectivity index (χ1v) is 7.04. The molecule has 0 aromatic carbocycles. The van der Waals surface area contributed by atoms with E-state index in [0.717, 1.165) is 38.3 Å². The second-order valence-electron chi connectivity index (χ2n) is 3.68. The molecule has 0 saturated heterocycles. The highest BCUT2D eigenvalue weighted by Crippen LogP contribution is 2.29. The normalized spacial score (nSPS) is 11.2. The zero-order valence-electron chi connectivity index (χ0n) is 9.20. The minimum Gasteiger partial charge on any atom is -0.345 e. The molecule has 3 rings (SSSR count). The number of aromatic amines is 1. The van der Waals surface area contributed by atoms with Gasteiger partial charge in [-0.15, -0.1) is 11.3 Å². The first-order chi connectivity index (χ1) is 8.29. The summed E-state index contributed by atoms with van der Waals surface area (Å²) in [6, 6.07) is 4.06. The summed E-state index contributed by atoms with van der Waals surface area (Å²) in [4.78, 5) is 13.5. The molecule has 5 heteroatoms. The summed E-state index contributed by atoms with van der Waals surface area (Å²) >= 11 is 5.18. The van der Waals surface area contributed by atoms with Crippen molar-refractivity contribution in [3.8, 4) is 10.7 Å². The summed E-state index contributed by atoms with van der Waals surface area (Å²) in [6.07, 6.45) is 2.81. The van der Waals surface area contributed by atoms with Crippen LogP contribution in [0.15, 0.2) is 28.2 Å². The van der Waals surface area contributed by atoms with Gasteiger partial charge in [0.2, 0.25) is 0 Å². The Balaban J connectivity index is 2.29. The predicted molar refractivity (Wildman–Crippen MR) is 74.3 cm³/mol. The van der Waals surface area contributed by atoms with E-state index in [9.17, 15) is 0 Å². The van der Waals surface area contributed by atoms with Crippen molar-refractivity contribution in [2.24, 2.45) is 0 Å². The van der Waals surface area contributed by atoms with Crippen LogP contribution in [0.25, 0.3) is 21.7 Å². The number of aryl methyl sites for hydroxylation is 1. The Bertz CT molecular complexity index is 658. The molecular weight excluding hydrogens is 298 g/mol. The summed E-state index contributed by atoms with van der Waals surface area (Å²) in [7, 11) is 0. The number of H-pyrrole nitrogens is 1. The van der Waals surface area contributed by atoms with Gasteiger partial charge < -0.3 is 4.98 Å². The Morgan fingerprint density at radius 2 is 2.29 bits per heavy atom. The third kappa shape index (κ3) is 1.79. The van der Waals surface area contributed by atoms with Crippen LogP contribution in [-0.4, -0.2) is 15.0 Å². The van der Waals surface area contributed by atoms with E-state index in [1.54, 1.807) is 11.3 Å². The van der Waals surface area contributed by atoms with Gasteiger partial charge >= 0.3 is 0 Å². The molecule has 0 bridgehead atoms. The van der Waals surface area contributed by atoms with Crippen LogP contribution in [0, 0.1) is 0 Å². The van der Waals surface area contributed by atoms with Gasteiger partial charge in [-0.25, -0.2) is 9.97 Å². The smallest absolute Gasteiger partial charge is 0.171 e. The van der Waals surface area contributed by atoms with E-state index in [2.05, 4.69) is 37.8 Å². The molecule has 0 radical (unpaired) electrons. The molecule has 3 heterocycles. The van der Waals surface area contributed by atoms with Crippen LogP contribution in [-0.2, 0) is 6.42 Å². The number of aromatic nitrogens is 3. The Hall–Kier alpha value is -1.20. The molecule has 0 atom stereocenters. The maximum atomic E-state index is 4.64. The standard InChI is InChI=1S/C12H10BrN3S/c1-2-8-10-7(13)6-14-12(10)16-11(15-8)9-4-3-5-17-9/h3-6H,2H2,1H3,(H,14,15,16). The lowest BCUT2D eigenvalue weighted by Gasteiger charge is -2.03. The average molecular weight is 308 g/mol. The van der Waals surface area contributed by atoms with Gasteiger partial charge in [0, 0.05) is 10.7 Å². The monoisotopic (exact) mass is 307 g/mol. The number of nitrogens with zero attached hydrogens (tertiary/aromatic N) is 2. The predicted octanol–water partition coefficient (Wildman–Crippen LogP) is 4.01. The number of rotatable bonds is 2. The van der Waals surface area contributed by atoms with Crippen molar-refractivity contribution in [1.82, 2.24) is 15.0 Å². The van der Waals surface area contributed by atoms with Crippen LogP contribution in [0.3, 0.4) is 0 Å². The highest BCUT2D eigenvalue weighted by Gasteiger charge is 2.12. The van der Waals surface area contributed by atoms with Gasteiger partial charge in [0.05, 0.1) is 16.0 Å². The van der Waals surface area contributed by atoms with Crippen LogP contribution in [0.1, 0.15) is 12.6 Å². The molecule has 3 aromatic heterocycles. The lowest BCUT2D eigenvalue weighted by atomic mass is 10.2. The Morgan fingerprint density at radius 1 is 1.41 bits per heavy atom. The van der Waals surface area contributed by atoms with Crippen molar-refractivity contribution >= 4 is 38.3 Å². The SMILES string of the molecule is CCc1nc(-c2cccs2)nc2[nH]cc(Br)c12. The third-order valence-corrected chi connectivity index (χ3v) is 4.13. The van der Waals surface area contributed by atoms with E-state index < -0.39 is 0 Å². The first-order valence-electron chi connectivity index (χ1n) is 5.37. The van der Waals surface area contributed by atoms with Crippen molar-refractivity contribution in [3.05, 3.63) is 33.9 Å². The molecule has 0 saturated carbocycles. The van der Waals surface area contributed by atoms with Gasteiger partial charge in [0.1, 0.15) is 5.65 Å². The van der Waals surface area contributed by atoms with E-state index in [1.807, 2.05) is 23.7 Å². The molecular formula is C12H10BrN3S. The summed E-state index contributed by atoms with van der Waals surface area (Å²) in [5, 5.41) is 3.13. The van der Waals surface area contributed by atoms with E-state index in [0.29, 0.717) is 0 Å². The summed E-state index contributed by atoms with van der Waals surface area (Å²) in [6.45, 7) is 2.11. The van der Waals surface area contributed by atoms with Gasteiger partial charge in [-0.3, -0.25) is 0 Å². The number of thiophene rings is 1.